The van der Waals surface area contributed by atoms with Gasteiger partial charge in [-0.25, -0.2) is 13.8 Å². The van der Waals surface area contributed by atoms with Crippen molar-refractivity contribution in [2.75, 3.05) is 40.1 Å². The monoisotopic (exact) mass is 588 g/mol. The average molecular weight is 589 g/mol. The van der Waals surface area contributed by atoms with Gasteiger partial charge in [-0.05, 0) is 42.8 Å². The highest BCUT2D eigenvalue weighted by molar-refractivity contribution is 7.53. The van der Waals surface area contributed by atoms with E-state index in [1.54, 1.807) is 25.6 Å². The van der Waals surface area contributed by atoms with Crippen molar-refractivity contribution in [3.63, 3.8) is 0 Å². The van der Waals surface area contributed by atoms with Crippen LogP contribution in [0.25, 0.3) is 11.8 Å². The van der Waals surface area contributed by atoms with Gasteiger partial charge in [0.05, 0.1) is 36.9 Å². The molecule has 1 spiro atoms. The molecule has 0 radical (unpaired) electrons. The van der Waals surface area contributed by atoms with Crippen LogP contribution < -0.4 is 4.74 Å². The fourth-order valence-corrected chi connectivity index (χ4v) is 6.08. The molecule has 4 heterocycles. The van der Waals surface area contributed by atoms with Crippen molar-refractivity contribution in [1.29, 1.82) is 0 Å². The molecule has 3 aliphatic rings. The van der Waals surface area contributed by atoms with Crippen molar-refractivity contribution >= 4 is 19.5 Å². The zero-order valence-corrected chi connectivity index (χ0v) is 23.3. The summed E-state index contributed by atoms with van der Waals surface area (Å²) in [6.45, 7) is 2.21. The molecule has 2 saturated heterocycles. The van der Waals surface area contributed by atoms with Gasteiger partial charge in [0, 0.05) is 18.9 Å². The number of aromatic nitrogens is 2. The van der Waals surface area contributed by atoms with Gasteiger partial charge >= 0.3 is 7.60 Å². The van der Waals surface area contributed by atoms with Gasteiger partial charge in [0.15, 0.2) is 11.4 Å². The second-order valence-corrected chi connectivity index (χ2v) is 12.2. The summed E-state index contributed by atoms with van der Waals surface area (Å²) in [5.41, 5.74) is -0.924. The third kappa shape index (κ3) is 4.78. The number of aliphatic hydroxyl groups excluding tert-OH is 1. The van der Waals surface area contributed by atoms with Crippen LogP contribution in [0.4, 0.5) is 8.78 Å². The molecule has 0 bridgehead atoms. The lowest BCUT2D eigenvalue weighted by Crippen LogP contribution is -2.63. The average Bonchev–Trinajstić information content (AvgIpc) is 3.54. The van der Waals surface area contributed by atoms with E-state index in [-0.39, 0.29) is 36.9 Å². The Hall–Kier alpha value is -3.77. The fraction of sp³-hybridized carbons (Fsp3) is 0.333. The number of methoxy groups -OCH3 is 1. The second kappa shape index (κ2) is 9.95. The maximum Gasteiger partial charge on any atom is 0.327 e. The minimum atomic E-state index is -3.30. The van der Waals surface area contributed by atoms with E-state index in [2.05, 4.69) is 10.1 Å². The number of hydrogen-bond donors (Lipinski definition) is 1. The molecule has 41 heavy (non-hydrogen) atoms. The summed E-state index contributed by atoms with van der Waals surface area (Å²) in [7, 11) is -1.75. The third-order valence-electron chi connectivity index (χ3n) is 7.15. The van der Waals surface area contributed by atoms with Crippen molar-refractivity contribution in [3.8, 4) is 11.4 Å². The number of imidazole rings is 1. The van der Waals surface area contributed by atoms with Crippen LogP contribution in [-0.2, 0) is 28.9 Å². The Labute approximate surface area is 234 Å². The highest BCUT2D eigenvalue weighted by atomic mass is 31.2. The first-order chi connectivity index (χ1) is 19.6. The summed E-state index contributed by atoms with van der Waals surface area (Å²) >= 11 is 0. The molecule has 0 amide bonds. The molecule has 1 unspecified atom stereocenters. The Morgan fingerprint density at radius 1 is 1.20 bits per heavy atom. The number of halogens is 2. The molecule has 6 rings (SSSR count). The predicted molar refractivity (Wildman–Crippen MR) is 142 cm³/mol. The number of aryl methyl sites for hydroxylation is 1. The molecule has 216 valence electrons. The van der Waals surface area contributed by atoms with Crippen molar-refractivity contribution in [3.05, 3.63) is 83.1 Å². The first-order valence-electron chi connectivity index (χ1n) is 12.6. The number of fused-ring (bicyclic) bond motifs is 1. The summed E-state index contributed by atoms with van der Waals surface area (Å²) in [5, 5.41) is 14.7. The van der Waals surface area contributed by atoms with Gasteiger partial charge in [-0.15, -0.1) is 0 Å². The largest absolute Gasteiger partial charge is 0.495 e. The lowest BCUT2D eigenvalue weighted by molar-refractivity contribution is -0.176. The van der Waals surface area contributed by atoms with E-state index in [0.29, 0.717) is 17.4 Å². The van der Waals surface area contributed by atoms with Crippen molar-refractivity contribution in [2.24, 2.45) is 5.16 Å². The molecule has 1 aromatic heterocycles. The van der Waals surface area contributed by atoms with E-state index in [9.17, 15) is 14.1 Å². The Balaban J connectivity index is 1.43. The maximum atomic E-state index is 15.1. The normalized spacial score (nSPS) is 28.3. The summed E-state index contributed by atoms with van der Waals surface area (Å²) in [5.74, 6) is -0.799. The summed E-state index contributed by atoms with van der Waals surface area (Å²) in [6.07, 6.45) is 5.22. The smallest absolute Gasteiger partial charge is 0.327 e. The molecule has 2 aromatic carbocycles. The van der Waals surface area contributed by atoms with Gasteiger partial charge in [-0.2, -0.15) is 0 Å². The SMILES string of the molecule is COc1cc(/C=C2\OC3(COP(C)(=O)OC3)CN3C2=NOC3(CO)c2ccc(F)cc2F)ccc1-n1cnc(C)c1. The van der Waals surface area contributed by atoms with Crippen molar-refractivity contribution in [2.45, 2.75) is 18.2 Å². The van der Waals surface area contributed by atoms with Crippen LogP contribution >= 0.6 is 7.60 Å². The van der Waals surface area contributed by atoms with E-state index < -0.39 is 37.2 Å². The van der Waals surface area contributed by atoms with Crippen molar-refractivity contribution in [1.82, 2.24) is 14.5 Å². The first kappa shape index (κ1) is 27.4. The Morgan fingerprint density at radius 2 is 1.98 bits per heavy atom. The lowest BCUT2D eigenvalue weighted by atomic mass is 9.95. The quantitative estimate of drug-likeness (QED) is 0.443. The standard InChI is InChI=1S/C27H27F2N4O7P/c1-17-11-32(16-30-17)22-7-4-18(8-23(22)36-2)9-24-25-31-40-27(13-34,20-6-5-19(28)10-21(20)29)33(25)12-26(39-24)14-37-41(3,35)38-15-26/h4-11,16,34H,12-15H2,1-3H3/b24-9-. The van der Waals surface area contributed by atoms with Crippen LogP contribution in [0.15, 0.2) is 59.8 Å². The van der Waals surface area contributed by atoms with Crippen LogP contribution in [0.1, 0.15) is 16.8 Å². The predicted octanol–water partition coefficient (Wildman–Crippen LogP) is 3.94. The number of amidine groups is 1. The van der Waals surface area contributed by atoms with Crippen LogP contribution in [0, 0.1) is 18.6 Å². The molecular formula is C27H27F2N4O7P. The Bertz CT molecular complexity index is 1610. The molecule has 3 aliphatic heterocycles. The zero-order chi connectivity index (χ0) is 29.0. The molecule has 1 atom stereocenters. The number of morpholine rings is 1. The molecule has 1 N–H and O–H groups in total. The van der Waals surface area contributed by atoms with Gasteiger partial charge in [0.1, 0.15) is 37.2 Å². The Kier molecular flexibility index (Phi) is 6.65. The summed E-state index contributed by atoms with van der Waals surface area (Å²) < 4.78 is 66.2. The van der Waals surface area contributed by atoms with Gasteiger partial charge in [0.25, 0.3) is 5.72 Å². The molecular weight excluding hydrogens is 561 g/mol. The van der Waals surface area contributed by atoms with Crippen LogP contribution in [-0.4, -0.2) is 71.1 Å². The molecule has 3 aromatic rings. The van der Waals surface area contributed by atoms with Gasteiger partial charge in [0.2, 0.25) is 5.84 Å². The number of ether oxygens (including phenoxy) is 2. The molecule has 0 aliphatic carbocycles. The molecule has 2 fully saturated rings. The number of oxime groups is 1. The van der Waals surface area contributed by atoms with Gasteiger partial charge in [-0.1, -0.05) is 11.2 Å². The van der Waals surface area contributed by atoms with Crippen LogP contribution in [0.3, 0.4) is 0 Å². The van der Waals surface area contributed by atoms with E-state index in [0.717, 1.165) is 17.4 Å². The number of benzene rings is 2. The highest BCUT2D eigenvalue weighted by Gasteiger charge is 2.58. The molecule has 0 saturated carbocycles. The first-order valence-corrected chi connectivity index (χ1v) is 14.6. The minimum Gasteiger partial charge on any atom is -0.495 e. The van der Waals surface area contributed by atoms with Crippen molar-refractivity contribution < 1.29 is 41.8 Å². The topological polar surface area (TPSA) is 117 Å². The number of nitrogens with zero attached hydrogens (tertiary/aromatic N) is 4. The van der Waals surface area contributed by atoms with Gasteiger partial charge < -0.3 is 37.9 Å². The number of rotatable bonds is 5. The van der Waals surface area contributed by atoms with Crippen LogP contribution in [0.2, 0.25) is 0 Å². The third-order valence-corrected chi connectivity index (χ3v) is 8.35. The number of hydrogen-bond acceptors (Lipinski definition) is 10. The summed E-state index contributed by atoms with van der Waals surface area (Å²) in [6, 6.07) is 8.44. The van der Waals surface area contributed by atoms with E-state index >= 15 is 4.39 Å². The summed E-state index contributed by atoms with van der Waals surface area (Å²) in [4.78, 5) is 11.5. The highest BCUT2D eigenvalue weighted by Crippen LogP contribution is 2.52. The van der Waals surface area contributed by atoms with Crippen LogP contribution in [0.5, 0.6) is 5.75 Å². The van der Waals surface area contributed by atoms with E-state index in [1.165, 1.54) is 17.6 Å². The Morgan fingerprint density at radius 3 is 2.63 bits per heavy atom. The lowest BCUT2D eigenvalue weighted by Gasteiger charge is -2.48. The second-order valence-electron chi connectivity index (χ2n) is 10.1. The zero-order valence-electron chi connectivity index (χ0n) is 22.4. The van der Waals surface area contributed by atoms with Gasteiger partial charge in [-0.3, -0.25) is 4.57 Å². The fourth-order valence-electron chi connectivity index (χ4n) is 5.06. The van der Waals surface area contributed by atoms with E-state index in [4.69, 9.17) is 23.4 Å². The number of aliphatic hydroxyl groups is 1. The molecule has 11 nitrogen and oxygen atoms in total. The van der Waals surface area contributed by atoms with E-state index in [1.807, 2.05) is 29.8 Å². The minimum absolute atomic E-state index is 0.0389. The molecule has 14 heteroatoms. The maximum absolute atomic E-state index is 15.1.